The van der Waals surface area contributed by atoms with Gasteiger partial charge in [-0.2, -0.15) is 0 Å². The third-order valence-electron chi connectivity index (χ3n) is 4.70. The van der Waals surface area contributed by atoms with E-state index in [2.05, 4.69) is 10.3 Å². The molecule has 0 saturated heterocycles. The maximum atomic E-state index is 13.3. The zero-order valence-electron chi connectivity index (χ0n) is 15.1. The van der Waals surface area contributed by atoms with E-state index in [1.54, 1.807) is 43.6 Å². The molecule has 1 unspecified atom stereocenters. The van der Waals surface area contributed by atoms with Crippen molar-refractivity contribution in [1.82, 2.24) is 10.3 Å². The maximum absolute atomic E-state index is 13.3. The van der Waals surface area contributed by atoms with Crippen LogP contribution in [0.25, 0.3) is 10.8 Å². The van der Waals surface area contributed by atoms with Crippen LogP contribution in [0.3, 0.4) is 0 Å². The highest BCUT2D eigenvalue weighted by atomic mass is 16.6. The van der Waals surface area contributed by atoms with Crippen LogP contribution < -0.4 is 14.8 Å². The van der Waals surface area contributed by atoms with E-state index in [4.69, 9.17) is 14.6 Å². The van der Waals surface area contributed by atoms with Gasteiger partial charge in [0, 0.05) is 28.9 Å². The second kappa shape index (κ2) is 7.19. The number of ketones is 1. The Labute approximate surface area is 160 Å². The number of amides is 1. The van der Waals surface area contributed by atoms with Crippen molar-refractivity contribution in [2.75, 3.05) is 13.2 Å². The molecule has 0 spiro atoms. The molecule has 3 aromatic rings. The molecule has 0 bridgehead atoms. The lowest BCUT2D eigenvalue weighted by molar-refractivity contribution is 0.102. The zero-order chi connectivity index (χ0) is 19.7. The van der Waals surface area contributed by atoms with Gasteiger partial charge in [-0.3, -0.25) is 9.78 Å². The fraction of sp³-hybridized carbons (Fsp3) is 0.190. The highest BCUT2D eigenvalue weighted by Crippen LogP contribution is 2.41. The molecule has 1 aromatic heterocycles. The van der Waals surface area contributed by atoms with Gasteiger partial charge in [0.1, 0.15) is 13.2 Å². The monoisotopic (exact) mass is 378 g/mol. The summed E-state index contributed by atoms with van der Waals surface area (Å²) in [6, 6.07) is 10.1. The molecule has 1 aliphatic rings. The smallest absolute Gasteiger partial charge is 0.405 e. The summed E-state index contributed by atoms with van der Waals surface area (Å²) in [5.74, 6) is 0.558. The summed E-state index contributed by atoms with van der Waals surface area (Å²) in [5, 5.41) is 13.1. The second-order valence-corrected chi connectivity index (χ2v) is 6.46. The normalized spacial score (nSPS) is 13.8. The zero-order valence-corrected chi connectivity index (χ0v) is 15.1. The van der Waals surface area contributed by atoms with Gasteiger partial charge in [-0.05, 0) is 24.4 Å². The number of aromatic nitrogens is 1. The minimum absolute atomic E-state index is 0.191. The Kier molecular flexibility index (Phi) is 4.57. The Hall–Kier alpha value is -3.61. The predicted molar refractivity (Wildman–Crippen MR) is 102 cm³/mol. The highest BCUT2D eigenvalue weighted by Gasteiger charge is 2.27. The Morgan fingerprint density at radius 1 is 1.07 bits per heavy atom. The summed E-state index contributed by atoms with van der Waals surface area (Å²) < 4.78 is 11.5. The second-order valence-electron chi connectivity index (χ2n) is 6.46. The lowest BCUT2D eigenvalue weighted by Crippen LogP contribution is -2.26. The fourth-order valence-corrected chi connectivity index (χ4v) is 3.41. The molecule has 0 fully saturated rings. The molecule has 7 heteroatoms. The third-order valence-corrected chi connectivity index (χ3v) is 4.70. The van der Waals surface area contributed by atoms with Crippen LogP contribution in [-0.4, -0.2) is 35.2 Å². The van der Waals surface area contributed by atoms with Gasteiger partial charge in [-0.25, -0.2) is 4.79 Å². The summed E-state index contributed by atoms with van der Waals surface area (Å²) in [5.41, 5.74) is 1.54. The Bertz CT molecular complexity index is 1070. The van der Waals surface area contributed by atoms with Crippen LogP contribution in [-0.2, 0) is 0 Å². The van der Waals surface area contributed by atoms with Gasteiger partial charge in [0.15, 0.2) is 17.3 Å². The lowest BCUT2D eigenvalue weighted by atomic mass is 9.95. The quantitative estimate of drug-likeness (QED) is 0.674. The average Bonchev–Trinajstić information content (AvgIpc) is 2.71. The minimum atomic E-state index is -1.14. The highest BCUT2D eigenvalue weighted by molar-refractivity contribution is 6.17. The third kappa shape index (κ3) is 3.11. The van der Waals surface area contributed by atoms with Crippen LogP contribution in [0.15, 0.2) is 48.8 Å². The molecule has 0 radical (unpaired) electrons. The van der Waals surface area contributed by atoms with Crippen molar-refractivity contribution in [2.24, 2.45) is 0 Å². The molecule has 0 saturated carbocycles. The summed E-state index contributed by atoms with van der Waals surface area (Å²) >= 11 is 0. The molecule has 28 heavy (non-hydrogen) atoms. The number of nitrogens with zero attached hydrogens (tertiary/aromatic N) is 1. The van der Waals surface area contributed by atoms with Crippen LogP contribution in [0.1, 0.15) is 34.5 Å². The van der Waals surface area contributed by atoms with Crippen molar-refractivity contribution in [3.8, 4) is 11.5 Å². The van der Waals surface area contributed by atoms with Crippen LogP contribution in [0, 0.1) is 0 Å². The van der Waals surface area contributed by atoms with E-state index < -0.39 is 12.1 Å². The Morgan fingerprint density at radius 2 is 1.86 bits per heavy atom. The minimum Gasteiger partial charge on any atom is -0.486 e. The molecule has 2 heterocycles. The largest absolute Gasteiger partial charge is 0.486 e. The van der Waals surface area contributed by atoms with Gasteiger partial charge >= 0.3 is 6.09 Å². The molecule has 0 aliphatic carbocycles. The number of carbonyl (C=O) groups excluding carboxylic acids is 1. The number of fused-ring (bicyclic) bond motifs is 2. The number of hydrogen-bond donors (Lipinski definition) is 2. The van der Waals surface area contributed by atoms with Gasteiger partial charge in [-0.15, -0.1) is 0 Å². The first-order chi connectivity index (χ1) is 13.6. The number of hydrogen-bond acceptors (Lipinski definition) is 5. The predicted octanol–water partition coefficient (Wildman–Crippen LogP) is 3.57. The molecule has 1 aliphatic heterocycles. The van der Waals surface area contributed by atoms with Gasteiger partial charge in [-0.1, -0.05) is 24.3 Å². The lowest BCUT2D eigenvalue weighted by Gasteiger charge is -2.25. The fourth-order valence-electron chi connectivity index (χ4n) is 3.41. The summed E-state index contributed by atoms with van der Waals surface area (Å²) in [7, 11) is 0. The molecule has 2 N–H and O–H groups in total. The van der Waals surface area contributed by atoms with Gasteiger partial charge in [0.2, 0.25) is 0 Å². The molecular weight excluding hydrogens is 360 g/mol. The summed E-state index contributed by atoms with van der Waals surface area (Å²) in [4.78, 5) is 28.4. The van der Waals surface area contributed by atoms with Crippen LogP contribution >= 0.6 is 0 Å². The average molecular weight is 378 g/mol. The van der Waals surface area contributed by atoms with E-state index in [0.717, 1.165) is 10.8 Å². The van der Waals surface area contributed by atoms with Crippen LogP contribution in [0.4, 0.5) is 4.79 Å². The van der Waals surface area contributed by atoms with Crippen molar-refractivity contribution >= 4 is 22.6 Å². The van der Waals surface area contributed by atoms with Crippen molar-refractivity contribution in [3.63, 3.8) is 0 Å². The number of nitrogens with one attached hydrogen (secondary N) is 1. The number of pyridine rings is 1. The topological polar surface area (TPSA) is 97.8 Å². The molecule has 1 amide bonds. The molecule has 1 atom stereocenters. The summed E-state index contributed by atoms with van der Waals surface area (Å²) in [6.07, 6.45) is 2.22. The van der Waals surface area contributed by atoms with E-state index in [-0.39, 0.29) is 5.78 Å². The van der Waals surface area contributed by atoms with Crippen LogP contribution in [0.5, 0.6) is 11.5 Å². The van der Waals surface area contributed by atoms with Gasteiger partial charge < -0.3 is 19.9 Å². The number of ether oxygens (including phenoxy) is 2. The van der Waals surface area contributed by atoms with E-state index in [9.17, 15) is 9.59 Å². The van der Waals surface area contributed by atoms with Crippen LogP contribution in [0.2, 0.25) is 0 Å². The van der Waals surface area contributed by atoms with Crippen molar-refractivity contribution in [2.45, 2.75) is 13.0 Å². The number of carbonyl (C=O) groups is 2. The maximum Gasteiger partial charge on any atom is 0.405 e. The van der Waals surface area contributed by atoms with Crippen molar-refractivity contribution < 1.29 is 24.2 Å². The van der Waals surface area contributed by atoms with E-state index >= 15 is 0 Å². The van der Waals surface area contributed by atoms with E-state index in [1.807, 2.05) is 12.1 Å². The molecule has 4 rings (SSSR count). The summed E-state index contributed by atoms with van der Waals surface area (Å²) in [6.45, 7) is 2.36. The number of benzene rings is 2. The number of rotatable bonds is 4. The first-order valence-corrected chi connectivity index (χ1v) is 8.85. The molecular formula is C21H18N2O5. The molecule has 142 valence electrons. The standard InChI is InChI=1S/C21H18N2O5/c1-12(23-21(25)26)14-5-6-17(20-19(14)27-9-10-28-20)18(24)16-4-2-3-13-11-22-8-7-15(13)16/h2-8,11-12,23H,9-10H2,1H3,(H,25,26). The van der Waals surface area contributed by atoms with E-state index in [0.29, 0.717) is 41.4 Å². The van der Waals surface area contributed by atoms with Gasteiger partial charge in [0.05, 0.1) is 11.6 Å². The van der Waals surface area contributed by atoms with Crippen molar-refractivity contribution in [1.29, 1.82) is 0 Å². The van der Waals surface area contributed by atoms with Crippen molar-refractivity contribution in [3.05, 3.63) is 65.5 Å². The number of carboxylic acid groups (broad SMARTS) is 1. The molecule has 7 nitrogen and oxygen atoms in total. The Balaban J connectivity index is 1.82. The first kappa shape index (κ1) is 17.8. The molecule has 2 aromatic carbocycles. The Morgan fingerprint density at radius 3 is 2.64 bits per heavy atom. The SMILES string of the molecule is CC(NC(=O)O)c1ccc(C(=O)c2cccc3cnccc23)c2c1OCCO2. The first-order valence-electron chi connectivity index (χ1n) is 8.85. The van der Waals surface area contributed by atoms with Gasteiger partial charge in [0.25, 0.3) is 0 Å². The van der Waals surface area contributed by atoms with E-state index in [1.165, 1.54) is 0 Å².